The molecule has 2 heterocycles. The molecular weight excluding hydrogens is 398 g/mol. The fraction of sp³-hybridized carbons (Fsp3) is 0.182. The minimum Gasteiger partial charge on any atom is -0.508 e. The van der Waals surface area contributed by atoms with E-state index in [9.17, 15) is 22.7 Å². The lowest BCUT2D eigenvalue weighted by molar-refractivity contribution is -0.136. The van der Waals surface area contributed by atoms with Gasteiger partial charge in [-0.3, -0.25) is 0 Å². The maximum absolute atomic E-state index is 14.0. The Morgan fingerprint density at radius 2 is 1.60 bits per heavy atom. The molecule has 0 spiro atoms. The molecule has 8 heteroatoms. The molecule has 0 radical (unpaired) electrons. The van der Waals surface area contributed by atoms with E-state index in [0.29, 0.717) is 11.3 Å². The first kappa shape index (κ1) is 19.9. The van der Waals surface area contributed by atoms with Gasteiger partial charge in [0.2, 0.25) is 0 Å². The van der Waals surface area contributed by atoms with Crippen LogP contribution in [-0.4, -0.2) is 19.9 Å². The fourth-order valence-electron chi connectivity index (χ4n) is 3.31. The first-order valence-corrected chi connectivity index (χ1v) is 9.21. The second-order valence-corrected chi connectivity index (χ2v) is 7.23. The van der Waals surface area contributed by atoms with E-state index in [1.54, 1.807) is 13.8 Å². The van der Waals surface area contributed by atoms with Crippen LogP contribution < -0.4 is 0 Å². The van der Waals surface area contributed by atoms with Gasteiger partial charge in [-0.05, 0) is 60.5 Å². The van der Waals surface area contributed by atoms with Crippen molar-refractivity contribution in [2.75, 3.05) is 0 Å². The van der Waals surface area contributed by atoms with Gasteiger partial charge in [-0.2, -0.15) is 18.3 Å². The van der Waals surface area contributed by atoms with Gasteiger partial charge < -0.3 is 5.11 Å². The lowest BCUT2D eigenvalue weighted by Crippen LogP contribution is -2.08. The van der Waals surface area contributed by atoms with Crippen molar-refractivity contribution in [1.29, 1.82) is 0 Å². The van der Waals surface area contributed by atoms with E-state index >= 15 is 0 Å². The van der Waals surface area contributed by atoms with E-state index in [1.165, 1.54) is 53.2 Å². The van der Waals surface area contributed by atoms with Crippen LogP contribution in [0.3, 0.4) is 0 Å². The first-order valence-electron chi connectivity index (χ1n) is 9.21. The summed E-state index contributed by atoms with van der Waals surface area (Å²) in [5.41, 5.74) is 0.352. The maximum atomic E-state index is 14.0. The molecule has 0 aliphatic heterocycles. The molecule has 0 aliphatic carbocycles. The number of hydrogen-bond donors (Lipinski definition) is 1. The largest absolute Gasteiger partial charge is 0.508 e. The van der Waals surface area contributed by atoms with Crippen LogP contribution in [0.4, 0.5) is 17.6 Å². The van der Waals surface area contributed by atoms with Gasteiger partial charge in [-0.15, -0.1) is 0 Å². The molecule has 4 rings (SSSR count). The van der Waals surface area contributed by atoms with Crippen LogP contribution in [-0.2, 0) is 6.18 Å². The summed E-state index contributed by atoms with van der Waals surface area (Å²) >= 11 is 0. The summed E-state index contributed by atoms with van der Waals surface area (Å²) in [5.74, 6) is -0.765. The third kappa shape index (κ3) is 3.49. The van der Waals surface area contributed by atoms with E-state index in [1.807, 2.05) is 0 Å². The van der Waals surface area contributed by atoms with E-state index in [0.717, 1.165) is 6.07 Å². The molecule has 0 bridgehead atoms. The topological polar surface area (TPSA) is 50.9 Å². The van der Waals surface area contributed by atoms with E-state index in [4.69, 9.17) is 0 Å². The van der Waals surface area contributed by atoms with Gasteiger partial charge in [-0.1, -0.05) is 13.8 Å². The highest BCUT2D eigenvalue weighted by atomic mass is 19.4. The molecule has 2 aromatic carbocycles. The van der Waals surface area contributed by atoms with Crippen molar-refractivity contribution < 1.29 is 22.7 Å². The Hall–Kier alpha value is -3.42. The molecule has 0 aliphatic rings. The highest BCUT2D eigenvalue weighted by Gasteiger charge is 2.36. The quantitative estimate of drug-likeness (QED) is 0.413. The number of rotatable bonds is 3. The number of alkyl halides is 3. The molecular formula is C22H17F4N3O. The van der Waals surface area contributed by atoms with Gasteiger partial charge in [0.25, 0.3) is 0 Å². The molecule has 0 amide bonds. The van der Waals surface area contributed by atoms with Gasteiger partial charge >= 0.3 is 6.18 Å². The molecule has 0 unspecified atom stereocenters. The Bertz CT molecular complexity index is 1210. The number of pyridine rings is 1. The minimum atomic E-state index is -4.63. The molecule has 0 saturated carbocycles. The number of phenols is 1. The van der Waals surface area contributed by atoms with Crippen molar-refractivity contribution in [1.82, 2.24) is 14.8 Å². The molecule has 4 aromatic rings. The zero-order valence-corrected chi connectivity index (χ0v) is 16.1. The summed E-state index contributed by atoms with van der Waals surface area (Å²) in [6.07, 6.45) is -4.63. The normalized spacial score (nSPS) is 12.1. The molecule has 4 nitrogen and oxygen atoms in total. The SMILES string of the molecule is CC(C)c1nn(-c2ccc(F)cc2)c2nc(-c3ccc(O)cc3)cc(C(F)(F)F)c12. The van der Waals surface area contributed by atoms with Gasteiger partial charge in [0, 0.05) is 5.56 Å². The zero-order valence-electron chi connectivity index (χ0n) is 16.1. The highest BCUT2D eigenvalue weighted by Crippen LogP contribution is 2.40. The average Bonchev–Trinajstić information content (AvgIpc) is 3.07. The van der Waals surface area contributed by atoms with Crippen LogP contribution in [0.1, 0.15) is 31.0 Å². The Kier molecular flexibility index (Phi) is 4.72. The number of aromatic hydroxyl groups is 1. The van der Waals surface area contributed by atoms with Crippen LogP contribution in [0.25, 0.3) is 28.0 Å². The van der Waals surface area contributed by atoms with Gasteiger partial charge in [0.15, 0.2) is 5.65 Å². The summed E-state index contributed by atoms with van der Waals surface area (Å²) in [4.78, 5) is 4.48. The van der Waals surface area contributed by atoms with Crippen molar-refractivity contribution in [3.05, 3.63) is 71.7 Å². The second-order valence-electron chi connectivity index (χ2n) is 7.23. The molecule has 154 valence electrons. The number of nitrogens with zero attached hydrogens (tertiary/aromatic N) is 3. The van der Waals surface area contributed by atoms with Crippen LogP contribution in [0.15, 0.2) is 54.6 Å². The number of fused-ring (bicyclic) bond motifs is 1. The summed E-state index contributed by atoms with van der Waals surface area (Å²) in [5, 5.41) is 13.8. The van der Waals surface area contributed by atoms with E-state index in [-0.39, 0.29) is 34.1 Å². The maximum Gasteiger partial charge on any atom is 0.417 e. The summed E-state index contributed by atoms with van der Waals surface area (Å²) in [6, 6.07) is 12.0. The molecule has 1 N–H and O–H groups in total. The minimum absolute atomic E-state index is 0.00526. The van der Waals surface area contributed by atoms with Crippen molar-refractivity contribution >= 4 is 11.0 Å². The number of hydrogen-bond acceptors (Lipinski definition) is 3. The predicted molar refractivity (Wildman–Crippen MR) is 105 cm³/mol. The van der Waals surface area contributed by atoms with Crippen LogP contribution in [0.5, 0.6) is 5.75 Å². The number of halogens is 4. The van der Waals surface area contributed by atoms with E-state index < -0.39 is 17.6 Å². The molecule has 0 saturated heterocycles. The zero-order chi connectivity index (χ0) is 21.6. The molecule has 30 heavy (non-hydrogen) atoms. The van der Waals surface area contributed by atoms with Crippen molar-refractivity contribution in [3.8, 4) is 22.7 Å². The molecule has 2 aromatic heterocycles. The lowest BCUT2D eigenvalue weighted by atomic mass is 10.0. The highest BCUT2D eigenvalue weighted by molar-refractivity contribution is 5.87. The Labute approximate surface area is 169 Å². The van der Waals surface area contributed by atoms with Gasteiger partial charge in [0.05, 0.1) is 28.0 Å². The molecule has 0 fully saturated rings. The van der Waals surface area contributed by atoms with Crippen LogP contribution >= 0.6 is 0 Å². The summed E-state index contributed by atoms with van der Waals surface area (Å²) in [7, 11) is 0. The predicted octanol–water partition coefficient (Wildman–Crippen LogP) is 6.07. The number of aromatic nitrogens is 3. The molecule has 0 atom stereocenters. The third-order valence-corrected chi connectivity index (χ3v) is 4.75. The van der Waals surface area contributed by atoms with Gasteiger partial charge in [-0.25, -0.2) is 14.1 Å². The van der Waals surface area contributed by atoms with Crippen molar-refractivity contribution in [2.24, 2.45) is 0 Å². The smallest absolute Gasteiger partial charge is 0.417 e. The second kappa shape index (κ2) is 7.12. The van der Waals surface area contributed by atoms with Gasteiger partial charge in [0.1, 0.15) is 11.6 Å². The monoisotopic (exact) mass is 415 g/mol. The van der Waals surface area contributed by atoms with E-state index in [2.05, 4.69) is 10.1 Å². The average molecular weight is 415 g/mol. The third-order valence-electron chi connectivity index (χ3n) is 4.75. The Morgan fingerprint density at radius 3 is 2.17 bits per heavy atom. The summed E-state index contributed by atoms with van der Waals surface area (Å²) < 4.78 is 56.8. The standard InChI is InChI=1S/C22H17F4N3O/c1-12(2)20-19-17(22(24,25)26)11-18(13-3-9-16(30)10-4-13)27-21(19)29(28-20)15-7-5-14(23)6-8-15/h3-12,30H,1-2H3. The first-order chi connectivity index (χ1) is 14.1. The number of benzene rings is 2. The Morgan fingerprint density at radius 1 is 0.967 bits per heavy atom. The number of phenolic OH excluding ortho intramolecular Hbond substituents is 1. The lowest BCUT2D eigenvalue weighted by Gasteiger charge is -2.13. The van der Waals surface area contributed by atoms with Crippen molar-refractivity contribution in [2.45, 2.75) is 25.9 Å². The van der Waals surface area contributed by atoms with Crippen LogP contribution in [0.2, 0.25) is 0 Å². The van der Waals surface area contributed by atoms with Crippen molar-refractivity contribution in [3.63, 3.8) is 0 Å². The summed E-state index contributed by atoms with van der Waals surface area (Å²) in [6.45, 7) is 3.51. The Balaban J connectivity index is 2.09. The van der Waals surface area contributed by atoms with Crippen LogP contribution in [0, 0.1) is 5.82 Å². The fourth-order valence-corrected chi connectivity index (χ4v) is 3.31.